The third-order valence-corrected chi connectivity index (χ3v) is 1.87. The van der Waals surface area contributed by atoms with Crippen molar-refractivity contribution in [3.8, 4) is 0 Å². The molecule has 0 fully saturated rings. The molecule has 0 bridgehead atoms. The smallest absolute Gasteiger partial charge is 0.258 e. The van der Waals surface area contributed by atoms with Crippen LogP contribution in [-0.4, -0.2) is 14.4 Å². The maximum absolute atomic E-state index is 5.45. The van der Waals surface area contributed by atoms with Crippen molar-refractivity contribution < 1.29 is 4.74 Å². The van der Waals surface area contributed by atoms with Gasteiger partial charge in [0, 0.05) is 0 Å². The van der Waals surface area contributed by atoms with E-state index in [1.165, 1.54) is 0 Å². The summed E-state index contributed by atoms with van der Waals surface area (Å²) >= 11 is 21.1. The number of ether oxygens (including phenoxy) is 1. The summed E-state index contributed by atoms with van der Waals surface area (Å²) in [6.07, 6.45) is 0. The Morgan fingerprint density at radius 1 is 1.18 bits per heavy atom. The van der Waals surface area contributed by atoms with Crippen molar-refractivity contribution >= 4 is 52.1 Å². The highest BCUT2D eigenvalue weighted by atomic mass is 35.6. The van der Waals surface area contributed by atoms with Gasteiger partial charge in [0.15, 0.2) is 0 Å². The van der Waals surface area contributed by atoms with Crippen molar-refractivity contribution in [1.82, 2.24) is 0 Å². The van der Waals surface area contributed by atoms with Gasteiger partial charge in [-0.15, -0.1) is 0 Å². The van der Waals surface area contributed by atoms with E-state index in [1.54, 1.807) is 0 Å². The van der Waals surface area contributed by atoms with E-state index in [4.69, 9.17) is 51.8 Å². The van der Waals surface area contributed by atoms with Crippen molar-refractivity contribution in [2.24, 2.45) is 0 Å². The fourth-order valence-corrected chi connectivity index (χ4v) is 0.702. The Labute approximate surface area is 86.9 Å². The third-order valence-electron chi connectivity index (χ3n) is 0.630. The second kappa shape index (κ2) is 3.65. The molecule has 1 nitrogen and oxygen atoms in total. The highest BCUT2D eigenvalue weighted by Gasteiger charge is 2.31. The van der Waals surface area contributed by atoms with Gasteiger partial charge >= 0.3 is 0 Å². The summed E-state index contributed by atoms with van der Waals surface area (Å²) in [5.41, 5.74) is -0.416. The van der Waals surface area contributed by atoms with Crippen LogP contribution in [0.15, 0.2) is 0 Å². The average Bonchev–Trinajstić information content (AvgIpc) is 1.56. The Morgan fingerprint density at radius 3 is 1.64 bits per heavy atom. The fourth-order valence-electron chi connectivity index (χ4n) is 0.336. The van der Waals surface area contributed by atoms with E-state index >= 15 is 0 Å². The zero-order valence-corrected chi connectivity index (χ0v) is 9.53. The fraction of sp³-hybridized carbons (Fsp3) is 0.833. The van der Waals surface area contributed by atoms with Crippen molar-refractivity contribution in [3.63, 3.8) is 0 Å². The molecule has 0 amide bonds. The second-order valence-corrected chi connectivity index (χ2v) is 5.65. The lowest BCUT2D eigenvalue weighted by molar-refractivity contribution is 0.119. The van der Waals surface area contributed by atoms with E-state index in [9.17, 15) is 0 Å². The van der Waals surface area contributed by atoms with Crippen LogP contribution in [0.3, 0.4) is 0 Å². The first-order chi connectivity index (χ1) is 4.63. The number of thiocarbonyl (C=S) groups is 1. The monoisotopic (exact) mass is 234 g/mol. The average molecular weight is 236 g/mol. The quantitative estimate of drug-likeness (QED) is 0.469. The maximum Gasteiger partial charge on any atom is 0.258 e. The summed E-state index contributed by atoms with van der Waals surface area (Å²) in [7, 11) is 0. The number of hydrogen-bond acceptors (Lipinski definition) is 2. The van der Waals surface area contributed by atoms with E-state index in [0.29, 0.717) is 0 Å². The van der Waals surface area contributed by atoms with Crippen LogP contribution in [-0.2, 0) is 4.74 Å². The highest BCUT2D eigenvalue weighted by Crippen LogP contribution is 2.30. The molecule has 0 aliphatic heterocycles. The predicted octanol–water partition coefficient (Wildman–Crippen LogP) is 3.50. The molecule has 0 N–H and O–H groups in total. The molecule has 0 aromatic rings. The normalized spacial score (nSPS) is 12.9. The summed E-state index contributed by atoms with van der Waals surface area (Å²) in [5.74, 6) is 0. The molecule has 11 heavy (non-hydrogen) atoms. The van der Waals surface area contributed by atoms with Crippen LogP contribution in [0.1, 0.15) is 20.8 Å². The van der Waals surface area contributed by atoms with Crippen LogP contribution in [0.4, 0.5) is 0 Å². The van der Waals surface area contributed by atoms with Gasteiger partial charge in [-0.25, -0.2) is 0 Å². The van der Waals surface area contributed by atoms with Crippen molar-refractivity contribution in [1.29, 1.82) is 0 Å². The van der Waals surface area contributed by atoms with Crippen LogP contribution in [0, 0.1) is 0 Å². The standard InChI is InChI=1S/C6H9Cl3OS/c1-5(2,3)10-4(11)6(7,8)9/h1-3H3. The Morgan fingerprint density at radius 2 is 1.55 bits per heavy atom. The largest absolute Gasteiger partial charge is 0.478 e. The Hall–Kier alpha value is 0.760. The van der Waals surface area contributed by atoms with Crippen LogP contribution in [0.2, 0.25) is 0 Å². The lowest BCUT2D eigenvalue weighted by atomic mass is 10.2. The lowest BCUT2D eigenvalue weighted by Crippen LogP contribution is -2.30. The van der Waals surface area contributed by atoms with Crippen LogP contribution in [0.25, 0.3) is 0 Å². The molecule has 0 aromatic carbocycles. The van der Waals surface area contributed by atoms with Gasteiger partial charge in [-0.3, -0.25) is 0 Å². The first-order valence-electron chi connectivity index (χ1n) is 2.93. The van der Waals surface area contributed by atoms with Gasteiger partial charge in [0.25, 0.3) is 3.79 Å². The van der Waals surface area contributed by atoms with Gasteiger partial charge in [0.1, 0.15) is 5.60 Å². The van der Waals surface area contributed by atoms with Crippen molar-refractivity contribution in [2.45, 2.75) is 30.2 Å². The molecule has 0 spiro atoms. The molecule has 0 aliphatic rings. The number of hydrogen-bond donors (Lipinski definition) is 0. The Kier molecular flexibility index (Phi) is 3.90. The topological polar surface area (TPSA) is 9.23 Å². The van der Waals surface area contributed by atoms with E-state index in [2.05, 4.69) is 0 Å². The summed E-state index contributed by atoms with van der Waals surface area (Å²) in [6.45, 7) is 5.49. The molecule has 0 saturated carbocycles. The minimum atomic E-state index is -1.61. The molecular weight excluding hydrogens is 226 g/mol. The van der Waals surface area contributed by atoms with Crippen LogP contribution < -0.4 is 0 Å². The minimum Gasteiger partial charge on any atom is -0.478 e. The van der Waals surface area contributed by atoms with Crippen molar-refractivity contribution in [2.75, 3.05) is 0 Å². The van der Waals surface area contributed by atoms with Crippen LogP contribution in [0.5, 0.6) is 0 Å². The van der Waals surface area contributed by atoms with E-state index in [0.717, 1.165) is 0 Å². The molecule has 0 aromatic heterocycles. The molecule has 66 valence electrons. The molecule has 0 heterocycles. The van der Waals surface area contributed by atoms with Gasteiger partial charge in [-0.2, -0.15) is 0 Å². The zero-order valence-electron chi connectivity index (χ0n) is 6.45. The number of rotatable bonds is 0. The molecule has 0 radical (unpaired) electrons. The molecule has 5 heteroatoms. The molecular formula is C6H9Cl3OS. The lowest BCUT2D eigenvalue weighted by Gasteiger charge is -2.24. The van der Waals surface area contributed by atoms with Gasteiger partial charge in [-0.05, 0) is 33.0 Å². The maximum atomic E-state index is 5.45. The summed E-state index contributed by atoms with van der Waals surface area (Å²) in [4.78, 5) is 0. The molecule has 0 atom stereocenters. The minimum absolute atomic E-state index is 0.0185. The van der Waals surface area contributed by atoms with Crippen molar-refractivity contribution in [3.05, 3.63) is 0 Å². The summed E-state index contributed by atoms with van der Waals surface area (Å²) < 4.78 is 3.53. The first-order valence-corrected chi connectivity index (χ1v) is 4.47. The number of halogens is 3. The number of alkyl halides is 3. The first kappa shape index (κ1) is 11.8. The Balaban J connectivity index is 4.11. The van der Waals surface area contributed by atoms with Crippen LogP contribution >= 0.6 is 47.0 Å². The highest BCUT2D eigenvalue weighted by molar-refractivity contribution is 7.80. The third kappa shape index (κ3) is 5.97. The summed E-state index contributed by atoms with van der Waals surface area (Å²) in [5, 5.41) is -0.0185. The van der Waals surface area contributed by atoms with E-state index in [-0.39, 0.29) is 5.05 Å². The molecule has 0 aliphatic carbocycles. The molecule has 0 rings (SSSR count). The second-order valence-electron chi connectivity index (χ2n) is 3.00. The van der Waals surface area contributed by atoms with E-state index in [1.807, 2.05) is 20.8 Å². The summed E-state index contributed by atoms with van der Waals surface area (Å²) in [6, 6.07) is 0. The SMILES string of the molecule is CC(C)(C)OC(=S)C(Cl)(Cl)Cl. The Bertz CT molecular complexity index is 156. The van der Waals surface area contributed by atoms with Gasteiger partial charge < -0.3 is 4.74 Å². The van der Waals surface area contributed by atoms with Gasteiger partial charge in [0.05, 0.1) is 0 Å². The molecule has 0 saturated heterocycles. The van der Waals surface area contributed by atoms with Gasteiger partial charge in [0.2, 0.25) is 5.05 Å². The van der Waals surface area contributed by atoms with E-state index < -0.39 is 9.39 Å². The molecule has 0 unspecified atom stereocenters. The predicted molar refractivity (Wildman–Crippen MR) is 53.7 cm³/mol. The van der Waals surface area contributed by atoms with Gasteiger partial charge in [-0.1, -0.05) is 34.8 Å². The zero-order chi connectivity index (χ0) is 9.28.